The van der Waals surface area contributed by atoms with Crippen LogP contribution in [0.4, 0.5) is 5.69 Å². The van der Waals surface area contributed by atoms with Gasteiger partial charge in [0.1, 0.15) is 11.5 Å². The topological polar surface area (TPSA) is 49.3 Å². The third-order valence-electron chi connectivity index (χ3n) is 2.35. The van der Waals surface area contributed by atoms with Crippen molar-refractivity contribution in [2.75, 3.05) is 11.9 Å². The predicted octanol–water partition coefficient (Wildman–Crippen LogP) is 3.65. The van der Waals surface area contributed by atoms with Crippen LogP contribution in [-0.4, -0.2) is 17.6 Å². The zero-order chi connectivity index (χ0) is 14.5. The molecular formula is C14H9Cl2NO2S. The highest BCUT2D eigenvalue weighted by molar-refractivity contribution is 7.12. The van der Waals surface area contributed by atoms with Crippen molar-refractivity contribution in [3.05, 3.63) is 50.1 Å². The molecule has 0 saturated carbocycles. The number of hydrogen-bond acceptors (Lipinski definition) is 3. The van der Waals surface area contributed by atoms with Crippen LogP contribution in [0.25, 0.3) is 0 Å². The smallest absolute Gasteiger partial charge is 0.267 e. The van der Waals surface area contributed by atoms with Gasteiger partial charge in [0.2, 0.25) is 0 Å². The average molecular weight is 326 g/mol. The highest BCUT2D eigenvalue weighted by atomic mass is 35.5. The number of aliphatic hydroxyl groups is 1. The summed E-state index contributed by atoms with van der Waals surface area (Å²) in [6, 6.07) is 6.56. The Kier molecular flexibility index (Phi) is 5.05. The van der Waals surface area contributed by atoms with Gasteiger partial charge in [-0.05, 0) is 29.6 Å². The van der Waals surface area contributed by atoms with Crippen LogP contribution >= 0.6 is 34.5 Å². The van der Waals surface area contributed by atoms with Gasteiger partial charge >= 0.3 is 0 Å². The summed E-state index contributed by atoms with van der Waals surface area (Å²) < 4.78 is 0. The van der Waals surface area contributed by atoms with E-state index >= 15 is 0 Å². The standard InChI is InChI=1S/C14H9Cl2NO2S/c15-10-3-4-12(11(16)8-10)17-14(19)13-9(2-1-6-18)5-7-20-13/h3-5,7-8,18H,6H2,(H,17,19). The number of rotatable bonds is 2. The minimum atomic E-state index is -0.300. The van der Waals surface area contributed by atoms with Gasteiger partial charge < -0.3 is 10.4 Å². The van der Waals surface area contributed by atoms with E-state index in [9.17, 15) is 4.79 Å². The lowest BCUT2D eigenvalue weighted by atomic mass is 10.2. The predicted molar refractivity (Wildman–Crippen MR) is 82.7 cm³/mol. The number of carbonyl (C=O) groups excluding carboxylic acids is 1. The minimum Gasteiger partial charge on any atom is -0.384 e. The molecule has 0 unspecified atom stereocenters. The fraction of sp³-hybridized carbons (Fsp3) is 0.0714. The van der Waals surface area contributed by atoms with Gasteiger partial charge in [0.15, 0.2) is 0 Å². The largest absolute Gasteiger partial charge is 0.384 e. The van der Waals surface area contributed by atoms with Crippen LogP contribution in [0.5, 0.6) is 0 Å². The van der Waals surface area contributed by atoms with Gasteiger partial charge in [-0.15, -0.1) is 11.3 Å². The maximum atomic E-state index is 12.2. The SMILES string of the molecule is O=C(Nc1ccc(Cl)cc1Cl)c1sccc1C#CCO. The summed E-state index contributed by atoms with van der Waals surface area (Å²) in [7, 11) is 0. The highest BCUT2D eigenvalue weighted by Crippen LogP contribution is 2.26. The molecule has 20 heavy (non-hydrogen) atoms. The molecule has 0 saturated heterocycles. The van der Waals surface area contributed by atoms with Crippen LogP contribution in [-0.2, 0) is 0 Å². The first-order valence-electron chi connectivity index (χ1n) is 5.55. The summed E-state index contributed by atoms with van der Waals surface area (Å²) in [5, 5.41) is 14.0. The molecule has 0 spiro atoms. The molecule has 1 aromatic carbocycles. The number of anilines is 1. The van der Waals surface area contributed by atoms with Crippen molar-refractivity contribution < 1.29 is 9.90 Å². The summed E-state index contributed by atoms with van der Waals surface area (Å²) in [5.41, 5.74) is 1.06. The molecule has 2 aromatic rings. The molecule has 0 aliphatic rings. The molecule has 2 rings (SSSR count). The fourth-order valence-corrected chi connectivity index (χ4v) is 2.69. The number of hydrogen-bond donors (Lipinski definition) is 2. The Bertz CT molecular complexity index is 701. The Morgan fingerprint density at radius 1 is 1.35 bits per heavy atom. The lowest BCUT2D eigenvalue weighted by molar-refractivity contribution is 0.103. The normalized spacial score (nSPS) is 9.75. The van der Waals surface area contributed by atoms with E-state index in [-0.39, 0.29) is 12.5 Å². The number of aliphatic hydroxyl groups excluding tert-OH is 1. The minimum absolute atomic E-state index is 0.250. The maximum absolute atomic E-state index is 12.2. The van der Waals surface area contributed by atoms with Crippen molar-refractivity contribution >= 4 is 46.1 Å². The van der Waals surface area contributed by atoms with Crippen molar-refractivity contribution in [1.82, 2.24) is 0 Å². The molecule has 1 aromatic heterocycles. The number of amides is 1. The van der Waals surface area contributed by atoms with Crippen LogP contribution in [0.3, 0.4) is 0 Å². The Morgan fingerprint density at radius 2 is 2.15 bits per heavy atom. The molecule has 1 heterocycles. The Balaban J connectivity index is 2.22. The van der Waals surface area contributed by atoms with Gasteiger partial charge in [0.05, 0.1) is 10.7 Å². The molecule has 2 N–H and O–H groups in total. The summed E-state index contributed by atoms with van der Waals surface area (Å²) in [5.74, 6) is 4.95. The van der Waals surface area contributed by atoms with Gasteiger partial charge in [-0.25, -0.2) is 0 Å². The molecule has 0 aliphatic heterocycles. The van der Waals surface area contributed by atoms with Crippen molar-refractivity contribution in [1.29, 1.82) is 0 Å². The first-order chi connectivity index (χ1) is 9.61. The third-order valence-corrected chi connectivity index (χ3v) is 3.81. The van der Waals surface area contributed by atoms with Crippen LogP contribution in [0.1, 0.15) is 15.2 Å². The van der Waals surface area contributed by atoms with E-state index in [0.29, 0.717) is 26.2 Å². The van der Waals surface area contributed by atoms with E-state index in [1.165, 1.54) is 11.3 Å². The Morgan fingerprint density at radius 3 is 2.85 bits per heavy atom. The van der Waals surface area contributed by atoms with Gasteiger partial charge in [0, 0.05) is 10.6 Å². The lowest BCUT2D eigenvalue weighted by Crippen LogP contribution is -2.11. The molecule has 0 fully saturated rings. The molecule has 6 heteroatoms. The fourth-order valence-electron chi connectivity index (χ4n) is 1.49. The monoisotopic (exact) mass is 325 g/mol. The zero-order valence-corrected chi connectivity index (χ0v) is 12.4. The van der Waals surface area contributed by atoms with Crippen molar-refractivity contribution in [2.45, 2.75) is 0 Å². The van der Waals surface area contributed by atoms with E-state index in [2.05, 4.69) is 17.2 Å². The van der Waals surface area contributed by atoms with Crippen LogP contribution in [0, 0.1) is 11.8 Å². The summed E-state index contributed by atoms with van der Waals surface area (Å²) in [6.45, 7) is -0.250. The zero-order valence-electron chi connectivity index (χ0n) is 10.1. The van der Waals surface area contributed by atoms with E-state index in [1.807, 2.05) is 0 Å². The van der Waals surface area contributed by atoms with Crippen molar-refractivity contribution in [2.24, 2.45) is 0 Å². The third kappa shape index (κ3) is 3.53. The second-order valence-corrected chi connectivity index (χ2v) is 5.46. The van der Waals surface area contributed by atoms with Gasteiger partial charge in [-0.2, -0.15) is 0 Å². The molecule has 0 bridgehead atoms. The lowest BCUT2D eigenvalue weighted by Gasteiger charge is -2.06. The molecule has 0 atom stereocenters. The number of nitrogens with one attached hydrogen (secondary N) is 1. The first kappa shape index (κ1) is 14.9. The van der Waals surface area contributed by atoms with E-state index in [1.54, 1.807) is 29.6 Å². The van der Waals surface area contributed by atoms with E-state index in [0.717, 1.165) is 0 Å². The molecule has 102 valence electrons. The van der Waals surface area contributed by atoms with Gasteiger partial charge in [-0.1, -0.05) is 35.0 Å². The van der Waals surface area contributed by atoms with Crippen LogP contribution < -0.4 is 5.32 Å². The number of benzene rings is 1. The number of halogens is 2. The Labute approximate surface area is 130 Å². The van der Waals surface area contributed by atoms with E-state index in [4.69, 9.17) is 28.3 Å². The van der Waals surface area contributed by atoms with Crippen molar-refractivity contribution in [3.8, 4) is 11.8 Å². The number of carbonyl (C=O) groups is 1. The summed E-state index contributed by atoms with van der Waals surface area (Å²) >= 11 is 13.1. The van der Waals surface area contributed by atoms with Gasteiger partial charge in [0.25, 0.3) is 5.91 Å². The van der Waals surface area contributed by atoms with Gasteiger partial charge in [-0.3, -0.25) is 4.79 Å². The second kappa shape index (κ2) is 6.78. The Hall–Kier alpha value is -1.51. The quantitative estimate of drug-likeness (QED) is 0.828. The molecular weight excluding hydrogens is 317 g/mol. The second-order valence-electron chi connectivity index (χ2n) is 3.70. The molecule has 0 radical (unpaired) electrons. The summed E-state index contributed by atoms with van der Waals surface area (Å²) in [4.78, 5) is 12.6. The molecule has 0 aliphatic carbocycles. The highest BCUT2D eigenvalue weighted by Gasteiger charge is 2.13. The summed E-state index contributed by atoms with van der Waals surface area (Å²) in [6.07, 6.45) is 0. The number of thiophene rings is 1. The molecule has 1 amide bonds. The maximum Gasteiger partial charge on any atom is 0.267 e. The first-order valence-corrected chi connectivity index (χ1v) is 7.19. The average Bonchev–Trinajstić information content (AvgIpc) is 2.88. The van der Waals surface area contributed by atoms with Crippen LogP contribution in [0.2, 0.25) is 10.0 Å². The van der Waals surface area contributed by atoms with Crippen molar-refractivity contribution in [3.63, 3.8) is 0 Å². The van der Waals surface area contributed by atoms with E-state index < -0.39 is 0 Å². The molecule has 3 nitrogen and oxygen atoms in total. The van der Waals surface area contributed by atoms with Crippen LogP contribution in [0.15, 0.2) is 29.6 Å².